The Bertz CT molecular complexity index is 498. The van der Waals surface area contributed by atoms with Crippen molar-refractivity contribution in [1.82, 2.24) is 9.88 Å². The van der Waals surface area contributed by atoms with Gasteiger partial charge in [-0.3, -0.25) is 4.79 Å². The highest BCUT2D eigenvalue weighted by atomic mass is 16.5. The maximum atomic E-state index is 12.2. The summed E-state index contributed by atoms with van der Waals surface area (Å²) in [4.78, 5) is 29.6. The van der Waals surface area contributed by atoms with Gasteiger partial charge < -0.3 is 15.0 Å². The standard InChI is InChI=1S/C14H19N3O3/c1-10(13(18)17-7-3-4-8-17)16-12-9-11(5-6-15-12)14(19)20-2/h5-6,9-10H,3-4,7-8H2,1-2H3,(H,15,16). The molecule has 0 bridgehead atoms. The van der Waals surface area contributed by atoms with Gasteiger partial charge in [-0.05, 0) is 31.9 Å². The number of likely N-dealkylation sites (tertiary alicyclic amines) is 1. The Morgan fingerprint density at radius 1 is 1.40 bits per heavy atom. The lowest BCUT2D eigenvalue weighted by atomic mass is 10.2. The van der Waals surface area contributed by atoms with Crippen molar-refractivity contribution in [3.8, 4) is 0 Å². The van der Waals surface area contributed by atoms with Gasteiger partial charge in [0.15, 0.2) is 0 Å². The molecule has 1 aliphatic heterocycles. The zero-order valence-corrected chi connectivity index (χ0v) is 11.8. The normalized spacial score (nSPS) is 15.8. The topological polar surface area (TPSA) is 71.5 Å². The van der Waals surface area contributed by atoms with Crippen LogP contribution in [0.3, 0.4) is 0 Å². The Morgan fingerprint density at radius 2 is 2.10 bits per heavy atom. The van der Waals surface area contributed by atoms with Crippen LogP contribution in [0.5, 0.6) is 0 Å². The van der Waals surface area contributed by atoms with Crippen molar-refractivity contribution < 1.29 is 14.3 Å². The smallest absolute Gasteiger partial charge is 0.338 e. The average molecular weight is 277 g/mol. The summed E-state index contributed by atoms with van der Waals surface area (Å²) < 4.78 is 4.66. The molecule has 6 heteroatoms. The maximum Gasteiger partial charge on any atom is 0.338 e. The third kappa shape index (κ3) is 3.26. The fourth-order valence-electron chi connectivity index (χ4n) is 2.25. The first kappa shape index (κ1) is 14.3. The maximum absolute atomic E-state index is 12.2. The Labute approximate surface area is 118 Å². The molecule has 0 saturated carbocycles. The lowest BCUT2D eigenvalue weighted by molar-refractivity contribution is -0.130. The predicted molar refractivity (Wildman–Crippen MR) is 74.5 cm³/mol. The van der Waals surface area contributed by atoms with Crippen LogP contribution in [0.4, 0.5) is 5.82 Å². The SMILES string of the molecule is COC(=O)c1ccnc(NC(C)C(=O)N2CCCC2)c1. The van der Waals surface area contributed by atoms with Crippen molar-refractivity contribution in [1.29, 1.82) is 0 Å². The summed E-state index contributed by atoms with van der Waals surface area (Å²) in [7, 11) is 1.33. The second kappa shape index (κ2) is 6.36. The van der Waals surface area contributed by atoms with Crippen LogP contribution in [0, 0.1) is 0 Å². The van der Waals surface area contributed by atoms with Gasteiger partial charge in [0.2, 0.25) is 5.91 Å². The Hall–Kier alpha value is -2.11. The summed E-state index contributed by atoms with van der Waals surface area (Å²) in [6, 6.07) is 2.79. The number of nitrogens with zero attached hydrogens (tertiary/aromatic N) is 2. The molecule has 20 heavy (non-hydrogen) atoms. The van der Waals surface area contributed by atoms with Crippen molar-refractivity contribution in [2.24, 2.45) is 0 Å². The zero-order chi connectivity index (χ0) is 14.5. The molecule has 0 radical (unpaired) electrons. The molecule has 1 amide bonds. The number of carbonyl (C=O) groups is 2. The number of hydrogen-bond donors (Lipinski definition) is 1. The van der Waals surface area contributed by atoms with Crippen LogP contribution >= 0.6 is 0 Å². The molecule has 1 N–H and O–H groups in total. The molecule has 1 aromatic rings. The van der Waals surface area contributed by atoms with Gasteiger partial charge in [0.05, 0.1) is 12.7 Å². The van der Waals surface area contributed by atoms with Crippen LogP contribution in [0.15, 0.2) is 18.3 Å². The second-order valence-electron chi connectivity index (χ2n) is 4.82. The van der Waals surface area contributed by atoms with Crippen molar-refractivity contribution >= 4 is 17.7 Å². The number of esters is 1. The lowest BCUT2D eigenvalue weighted by Gasteiger charge is -2.21. The summed E-state index contributed by atoms with van der Waals surface area (Å²) in [5, 5.41) is 3.03. The van der Waals surface area contributed by atoms with E-state index in [1.54, 1.807) is 19.1 Å². The first-order chi connectivity index (χ1) is 9.61. The van der Waals surface area contributed by atoms with Gasteiger partial charge in [-0.25, -0.2) is 9.78 Å². The lowest BCUT2D eigenvalue weighted by Crippen LogP contribution is -2.39. The van der Waals surface area contributed by atoms with E-state index in [1.165, 1.54) is 13.3 Å². The van der Waals surface area contributed by atoms with E-state index in [0.29, 0.717) is 11.4 Å². The number of pyridine rings is 1. The number of methoxy groups -OCH3 is 1. The van der Waals surface area contributed by atoms with Crippen LogP contribution in [-0.2, 0) is 9.53 Å². The number of aromatic nitrogens is 1. The van der Waals surface area contributed by atoms with Crippen LogP contribution in [0.25, 0.3) is 0 Å². The minimum atomic E-state index is -0.422. The van der Waals surface area contributed by atoms with Crippen molar-refractivity contribution in [3.05, 3.63) is 23.9 Å². The fourth-order valence-corrected chi connectivity index (χ4v) is 2.25. The molecule has 0 spiro atoms. The first-order valence-electron chi connectivity index (χ1n) is 6.71. The monoisotopic (exact) mass is 277 g/mol. The quantitative estimate of drug-likeness (QED) is 0.840. The van der Waals surface area contributed by atoms with E-state index in [4.69, 9.17) is 0 Å². The minimum absolute atomic E-state index is 0.0628. The molecule has 2 heterocycles. The Balaban J connectivity index is 2.01. The molecule has 6 nitrogen and oxygen atoms in total. The summed E-state index contributed by atoms with van der Waals surface area (Å²) in [5.41, 5.74) is 0.408. The van der Waals surface area contributed by atoms with E-state index in [-0.39, 0.29) is 11.9 Å². The van der Waals surface area contributed by atoms with E-state index >= 15 is 0 Å². The average Bonchev–Trinajstić information content (AvgIpc) is 3.00. The number of carbonyl (C=O) groups excluding carboxylic acids is 2. The summed E-state index contributed by atoms with van der Waals surface area (Å²) in [5.74, 6) is 0.134. The number of rotatable bonds is 4. The van der Waals surface area contributed by atoms with Crippen LogP contribution in [0.1, 0.15) is 30.1 Å². The zero-order valence-electron chi connectivity index (χ0n) is 11.8. The van der Waals surface area contributed by atoms with E-state index in [9.17, 15) is 9.59 Å². The first-order valence-corrected chi connectivity index (χ1v) is 6.71. The van der Waals surface area contributed by atoms with Gasteiger partial charge in [-0.15, -0.1) is 0 Å². The molecule has 1 fully saturated rings. The van der Waals surface area contributed by atoms with Crippen molar-refractivity contribution in [2.75, 3.05) is 25.5 Å². The number of amides is 1. The van der Waals surface area contributed by atoms with Gasteiger partial charge in [-0.2, -0.15) is 0 Å². The third-order valence-corrected chi connectivity index (χ3v) is 3.33. The summed E-state index contributed by atoms with van der Waals surface area (Å²) >= 11 is 0. The largest absolute Gasteiger partial charge is 0.465 e. The predicted octanol–water partition coefficient (Wildman–Crippen LogP) is 1.29. The molecule has 0 aromatic carbocycles. The van der Waals surface area contributed by atoms with Gasteiger partial charge in [0.25, 0.3) is 0 Å². The molecule has 1 aliphatic rings. The molecule has 1 aromatic heterocycles. The van der Waals surface area contributed by atoms with Gasteiger partial charge in [0, 0.05) is 19.3 Å². The van der Waals surface area contributed by atoms with Crippen LogP contribution < -0.4 is 5.32 Å². The highest BCUT2D eigenvalue weighted by Crippen LogP contribution is 2.13. The second-order valence-corrected chi connectivity index (χ2v) is 4.82. The Morgan fingerprint density at radius 3 is 2.75 bits per heavy atom. The van der Waals surface area contributed by atoms with E-state index in [2.05, 4.69) is 15.0 Å². The van der Waals surface area contributed by atoms with Crippen molar-refractivity contribution in [3.63, 3.8) is 0 Å². The van der Waals surface area contributed by atoms with E-state index in [0.717, 1.165) is 25.9 Å². The van der Waals surface area contributed by atoms with Gasteiger partial charge in [0.1, 0.15) is 11.9 Å². The van der Waals surface area contributed by atoms with E-state index < -0.39 is 5.97 Å². The molecular weight excluding hydrogens is 258 g/mol. The third-order valence-electron chi connectivity index (χ3n) is 3.33. The molecule has 2 rings (SSSR count). The highest BCUT2D eigenvalue weighted by Gasteiger charge is 2.23. The van der Waals surface area contributed by atoms with Crippen LogP contribution in [0.2, 0.25) is 0 Å². The Kier molecular flexibility index (Phi) is 4.55. The number of nitrogens with one attached hydrogen (secondary N) is 1. The molecule has 108 valence electrons. The number of hydrogen-bond acceptors (Lipinski definition) is 5. The van der Waals surface area contributed by atoms with Gasteiger partial charge in [-0.1, -0.05) is 0 Å². The number of anilines is 1. The van der Waals surface area contributed by atoms with Crippen LogP contribution in [-0.4, -0.2) is 48.0 Å². The minimum Gasteiger partial charge on any atom is -0.465 e. The fraction of sp³-hybridized carbons (Fsp3) is 0.500. The molecule has 1 atom stereocenters. The highest BCUT2D eigenvalue weighted by molar-refractivity contribution is 5.90. The summed E-state index contributed by atoms with van der Waals surface area (Å²) in [6.07, 6.45) is 3.64. The summed E-state index contributed by atoms with van der Waals surface area (Å²) in [6.45, 7) is 3.44. The van der Waals surface area contributed by atoms with Crippen molar-refractivity contribution in [2.45, 2.75) is 25.8 Å². The molecule has 1 unspecified atom stereocenters. The van der Waals surface area contributed by atoms with E-state index in [1.807, 2.05) is 4.90 Å². The number of ether oxygens (including phenoxy) is 1. The molecular formula is C14H19N3O3. The molecule has 1 saturated heterocycles. The molecule has 0 aliphatic carbocycles. The van der Waals surface area contributed by atoms with Gasteiger partial charge >= 0.3 is 5.97 Å².